The van der Waals surface area contributed by atoms with Gasteiger partial charge in [-0.1, -0.05) is 53.6 Å². The van der Waals surface area contributed by atoms with Crippen molar-refractivity contribution in [2.75, 3.05) is 12.8 Å². The van der Waals surface area contributed by atoms with E-state index in [2.05, 4.69) is 30.4 Å². The van der Waals surface area contributed by atoms with E-state index >= 15 is 0 Å². The Labute approximate surface area is 170 Å². The van der Waals surface area contributed by atoms with Gasteiger partial charge in [0, 0.05) is 24.4 Å². The Morgan fingerprint density at radius 2 is 1.85 bits per heavy atom. The summed E-state index contributed by atoms with van der Waals surface area (Å²) < 4.78 is 0. The van der Waals surface area contributed by atoms with Gasteiger partial charge in [0.2, 0.25) is 11.8 Å². The monoisotopic (exact) mass is 404 g/mol. The molecule has 27 heavy (non-hydrogen) atoms. The maximum Gasteiger partial charge on any atom is 0.242 e. The average Bonchev–Trinajstić information content (AvgIpc) is 2.66. The minimum absolute atomic E-state index is 0.0568. The Bertz CT molecular complexity index is 780. The highest BCUT2D eigenvalue weighted by Crippen LogP contribution is 2.17. The number of aryl methyl sites for hydroxylation is 1. The van der Waals surface area contributed by atoms with Gasteiger partial charge in [0.05, 0.1) is 5.75 Å². The van der Waals surface area contributed by atoms with E-state index in [0.29, 0.717) is 17.3 Å². The first-order valence-electron chi connectivity index (χ1n) is 8.79. The quantitative estimate of drug-likeness (QED) is 0.722. The molecule has 0 spiro atoms. The van der Waals surface area contributed by atoms with Gasteiger partial charge in [0.15, 0.2) is 0 Å². The predicted octanol–water partition coefficient (Wildman–Crippen LogP) is 4.04. The summed E-state index contributed by atoms with van der Waals surface area (Å²) in [6.45, 7) is 4.17. The second-order valence-electron chi connectivity index (χ2n) is 6.42. The molecule has 0 aliphatic heterocycles. The van der Waals surface area contributed by atoms with Crippen LogP contribution in [0.25, 0.3) is 0 Å². The third kappa shape index (κ3) is 6.60. The van der Waals surface area contributed by atoms with Gasteiger partial charge in [-0.3, -0.25) is 9.59 Å². The lowest BCUT2D eigenvalue weighted by Crippen LogP contribution is -2.47. The second-order valence-corrected chi connectivity index (χ2v) is 7.84. The number of nitrogens with one attached hydrogen (secondary N) is 1. The second kappa shape index (κ2) is 10.4. The summed E-state index contributed by atoms with van der Waals surface area (Å²) in [4.78, 5) is 26.6. The Hall–Kier alpha value is -1.98. The fourth-order valence-electron chi connectivity index (χ4n) is 2.72. The number of likely N-dealkylation sites (N-methyl/N-ethyl adjacent to an activating group) is 1. The SMILES string of the molecule is CNC(=O)C(C)N(Cc1ccc(Cl)cc1)C(=O)CSCc1cccc(C)c1. The molecule has 0 heterocycles. The molecule has 0 aliphatic rings. The van der Waals surface area contributed by atoms with Crippen LogP contribution >= 0.6 is 23.4 Å². The number of nitrogens with zero attached hydrogens (tertiary/aromatic N) is 1. The van der Waals surface area contributed by atoms with E-state index in [0.717, 1.165) is 11.3 Å². The summed E-state index contributed by atoms with van der Waals surface area (Å²) in [5, 5.41) is 3.27. The van der Waals surface area contributed by atoms with Crippen molar-refractivity contribution < 1.29 is 9.59 Å². The van der Waals surface area contributed by atoms with E-state index in [4.69, 9.17) is 11.6 Å². The molecule has 4 nitrogen and oxygen atoms in total. The molecule has 0 aliphatic carbocycles. The van der Waals surface area contributed by atoms with Gasteiger partial charge >= 0.3 is 0 Å². The fraction of sp³-hybridized carbons (Fsp3) is 0.333. The van der Waals surface area contributed by atoms with Crippen LogP contribution < -0.4 is 5.32 Å². The van der Waals surface area contributed by atoms with Gasteiger partial charge in [0.25, 0.3) is 0 Å². The fourth-order valence-corrected chi connectivity index (χ4v) is 3.70. The highest BCUT2D eigenvalue weighted by Gasteiger charge is 2.25. The summed E-state index contributed by atoms with van der Waals surface area (Å²) >= 11 is 7.49. The van der Waals surface area contributed by atoms with Crippen molar-refractivity contribution >= 4 is 35.2 Å². The minimum Gasteiger partial charge on any atom is -0.357 e. The van der Waals surface area contributed by atoms with E-state index in [1.807, 2.05) is 18.2 Å². The lowest BCUT2D eigenvalue weighted by atomic mass is 10.1. The predicted molar refractivity (Wildman–Crippen MR) is 113 cm³/mol. The number of thioether (sulfide) groups is 1. The van der Waals surface area contributed by atoms with Gasteiger partial charge < -0.3 is 10.2 Å². The van der Waals surface area contributed by atoms with Crippen molar-refractivity contribution in [1.82, 2.24) is 10.2 Å². The molecule has 0 aromatic heterocycles. The molecule has 2 aromatic carbocycles. The first kappa shape index (κ1) is 21.3. The molecule has 2 aromatic rings. The van der Waals surface area contributed by atoms with E-state index in [1.54, 1.807) is 42.8 Å². The summed E-state index contributed by atoms with van der Waals surface area (Å²) in [7, 11) is 1.58. The molecule has 0 saturated heterocycles. The Balaban J connectivity index is 2.03. The molecule has 2 rings (SSSR count). The largest absolute Gasteiger partial charge is 0.357 e. The number of halogens is 1. The number of rotatable bonds is 8. The highest BCUT2D eigenvalue weighted by atomic mass is 35.5. The van der Waals surface area contributed by atoms with Gasteiger partial charge in [-0.15, -0.1) is 11.8 Å². The van der Waals surface area contributed by atoms with Crippen molar-refractivity contribution in [2.24, 2.45) is 0 Å². The molecule has 2 amide bonds. The van der Waals surface area contributed by atoms with Gasteiger partial charge in [-0.25, -0.2) is 0 Å². The van der Waals surface area contributed by atoms with Crippen molar-refractivity contribution in [3.63, 3.8) is 0 Å². The molecule has 1 atom stereocenters. The topological polar surface area (TPSA) is 49.4 Å². The van der Waals surface area contributed by atoms with E-state index < -0.39 is 6.04 Å². The number of benzene rings is 2. The zero-order valence-electron chi connectivity index (χ0n) is 15.9. The van der Waals surface area contributed by atoms with Crippen LogP contribution in [0.1, 0.15) is 23.6 Å². The van der Waals surface area contributed by atoms with Crippen LogP contribution in [0.2, 0.25) is 5.02 Å². The number of carbonyl (C=O) groups excluding carboxylic acids is 2. The molecule has 1 unspecified atom stereocenters. The summed E-state index contributed by atoms with van der Waals surface area (Å²) in [5.74, 6) is 0.846. The first-order valence-corrected chi connectivity index (χ1v) is 10.3. The summed E-state index contributed by atoms with van der Waals surface area (Å²) in [6.07, 6.45) is 0. The lowest BCUT2D eigenvalue weighted by molar-refractivity contribution is -0.138. The van der Waals surface area contributed by atoms with Gasteiger partial charge in [-0.05, 0) is 37.1 Å². The van der Waals surface area contributed by atoms with Crippen LogP contribution in [0.15, 0.2) is 48.5 Å². The summed E-state index contributed by atoms with van der Waals surface area (Å²) in [6, 6.07) is 15.0. The molecule has 0 saturated carbocycles. The Morgan fingerprint density at radius 1 is 1.15 bits per heavy atom. The lowest BCUT2D eigenvalue weighted by Gasteiger charge is -2.28. The average molecular weight is 405 g/mol. The normalized spacial score (nSPS) is 11.7. The third-order valence-electron chi connectivity index (χ3n) is 4.26. The van der Waals surface area contributed by atoms with Gasteiger partial charge in [0.1, 0.15) is 6.04 Å². The molecule has 0 radical (unpaired) electrons. The van der Waals surface area contributed by atoms with E-state index in [1.165, 1.54) is 11.1 Å². The molecule has 144 valence electrons. The molecular weight excluding hydrogens is 380 g/mol. The zero-order valence-corrected chi connectivity index (χ0v) is 17.4. The molecule has 1 N–H and O–H groups in total. The minimum atomic E-state index is -0.544. The van der Waals surface area contributed by atoms with Crippen LogP contribution in [0.4, 0.5) is 0 Å². The van der Waals surface area contributed by atoms with Crippen molar-refractivity contribution in [2.45, 2.75) is 32.2 Å². The summed E-state index contributed by atoms with van der Waals surface area (Å²) in [5.41, 5.74) is 3.33. The maximum atomic E-state index is 12.8. The first-order chi connectivity index (χ1) is 12.9. The van der Waals surface area contributed by atoms with E-state index in [9.17, 15) is 9.59 Å². The van der Waals surface area contributed by atoms with Crippen molar-refractivity contribution in [3.05, 3.63) is 70.2 Å². The van der Waals surface area contributed by atoms with Gasteiger partial charge in [-0.2, -0.15) is 0 Å². The van der Waals surface area contributed by atoms with Crippen molar-refractivity contribution in [1.29, 1.82) is 0 Å². The highest BCUT2D eigenvalue weighted by molar-refractivity contribution is 7.99. The molecular formula is C21H25ClN2O2S. The van der Waals surface area contributed by atoms with Crippen LogP contribution in [0.5, 0.6) is 0 Å². The van der Waals surface area contributed by atoms with Crippen LogP contribution in [-0.2, 0) is 21.9 Å². The number of hydrogen-bond acceptors (Lipinski definition) is 3. The Morgan fingerprint density at radius 3 is 2.48 bits per heavy atom. The van der Waals surface area contributed by atoms with Crippen LogP contribution in [0, 0.1) is 6.92 Å². The number of carbonyl (C=O) groups is 2. The standard InChI is InChI=1S/C21H25ClN2O2S/c1-15-5-4-6-18(11-15)13-27-14-20(25)24(16(2)21(26)23-3)12-17-7-9-19(22)10-8-17/h4-11,16H,12-14H2,1-3H3,(H,23,26). The molecule has 0 bridgehead atoms. The number of amides is 2. The smallest absolute Gasteiger partial charge is 0.242 e. The zero-order chi connectivity index (χ0) is 19.8. The van der Waals surface area contributed by atoms with Crippen LogP contribution in [0.3, 0.4) is 0 Å². The van der Waals surface area contributed by atoms with E-state index in [-0.39, 0.29) is 11.8 Å². The Kier molecular flexibility index (Phi) is 8.20. The van der Waals surface area contributed by atoms with Crippen molar-refractivity contribution in [3.8, 4) is 0 Å². The van der Waals surface area contributed by atoms with Crippen LogP contribution in [-0.4, -0.2) is 35.6 Å². The molecule has 6 heteroatoms. The number of hydrogen-bond donors (Lipinski definition) is 1. The molecule has 0 fully saturated rings. The third-order valence-corrected chi connectivity index (χ3v) is 5.50. The maximum absolute atomic E-state index is 12.8.